The van der Waals surface area contributed by atoms with E-state index in [4.69, 9.17) is 10.8 Å². The van der Waals surface area contributed by atoms with Crippen molar-refractivity contribution in [3.63, 3.8) is 0 Å². The molecule has 0 aliphatic rings. The van der Waals surface area contributed by atoms with Crippen LogP contribution >= 0.6 is 0 Å². The molecule has 114 valence electrons. The van der Waals surface area contributed by atoms with Crippen molar-refractivity contribution >= 4 is 0 Å². The Morgan fingerprint density at radius 1 is 1.10 bits per heavy atom. The van der Waals surface area contributed by atoms with Crippen LogP contribution in [-0.2, 0) is 6.42 Å². The third-order valence-electron chi connectivity index (χ3n) is 2.56. The lowest BCUT2D eigenvalue weighted by Crippen LogP contribution is -2.00. The molecule has 0 fully saturated rings. The second-order valence-electron chi connectivity index (χ2n) is 4.36. The number of aromatic hydroxyl groups is 1. The first kappa shape index (κ1) is 18.9. The van der Waals surface area contributed by atoms with Crippen LogP contribution in [0.25, 0.3) is 0 Å². The Kier molecular flexibility index (Phi) is 10.5. The van der Waals surface area contributed by atoms with Crippen molar-refractivity contribution in [2.75, 3.05) is 6.54 Å². The maximum Gasteiger partial charge on any atom is 0.126 e. The number of halogens is 1. The van der Waals surface area contributed by atoms with Crippen LogP contribution in [0.5, 0.6) is 5.75 Å². The second kappa shape index (κ2) is 11.7. The first-order valence-electron chi connectivity index (χ1n) is 6.82. The molecule has 21 heavy (non-hydrogen) atoms. The van der Waals surface area contributed by atoms with Crippen LogP contribution in [0.1, 0.15) is 17.5 Å². The third-order valence-corrected chi connectivity index (χ3v) is 2.56. The predicted molar refractivity (Wildman–Crippen MR) is 87.9 cm³/mol. The Balaban J connectivity index is 0.000000354. The van der Waals surface area contributed by atoms with Crippen LogP contribution in [-0.4, -0.2) is 11.7 Å². The van der Waals surface area contributed by atoms with E-state index >= 15 is 0 Å². The van der Waals surface area contributed by atoms with Crippen molar-refractivity contribution in [3.05, 3.63) is 78.6 Å². The molecule has 3 N–H and O–H groups in total. The molecule has 0 heterocycles. The highest BCUT2D eigenvalue weighted by Gasteiger charge is 1.91. The zero-order chi connectivity index (χ0) is 16.1. The van der Waals surface area contributed by atoms with Gasteiger partial charge in [0.2, 0.25) is 0 Å². The second-order valence-corrected chi connectivity index (χ2v) is 4.36. The normalized spacial score (nSPS) is 8.90. The Bertz CT molecular complexity index is 497. The van der Waals surface area contributed by atoms with Crippen molar-refractivity contribution in [2.45, 2.75) is 19.8 Å². The summed E-state index contributed by atoms with van der Waals surface area (Å²) in [6.45, 7) is 8.90. The first-order chi connectivity index (χ1) is 10.1. The Labute approximate surface area is 126 Å². The average molecular weight is 289 g/mol. The van der Waals surface area contributed by atoms with Gasteiger partial charge in [-0.2, -0.15) is 0 Å². The summed E-state index contributed by atoms with van der Waals surface area (Å²) < 4.78 is 12.0. The van der Waals surface area contributed by atoms with Gasteiger partial charge in [-0.05, 0) is 44.0 Å². The van der Waals surface area contributed by atoms with Gasteiger partial charge < -0.3 is 10.8 Å². The van der Waals surface area contributed by atoms with E-state index in [1.54, 1.807) is 0 Å². The van der Waals surface area contributed by atoms with Gasteiger partial charge in [0, 0.05) is 6.07 Å². The summed E-state index contributed by atoms with van der Waals surface area (Å²) in [6.07, 6.45) is 2.20. The fraction of sp³-hybridized carbons (Fsp3) is 0.222. The van der Waals surface area contributed by atoms with Crippen LogP contribution in [0.2, 0.25) is 0 Å². The Morgan fingerprint density at radius 2 is 1.76 bits per heavy atom. The van der Waals surface area contributed by atoms with E-state index in [1.165, 1.54) is 29.3 Å². The molecule has 0 radical (unpaired) electrons. The first-order valence-corrected chi connectivity index (χ1v) is 6.82. The van der Waals surface area contributed by atoms with Crippen molar-refractivity contribution in [1.29, 1.82) is 0 Å². The SMILES string of the molecule is C=C.Cc1cccc(CCCN)c1.Oc1cccc(F)c1. The molecular weight excluding hydrogens is 265 g/mol. The Hall–Kier alpha value is -2.13. The van der Waals surface area contributed by atoms with Crippen LogP contribution in [0.3, 0.4) is 0 Å². The summed E-state index contributed by atoms with van der Waals surface area (Å²) in [5, 5.41) is 8.57. The lowest BCUT2D eigenvalue weighted by Gasteiger charge is -1.99. The molecular formula is C18H24FNO. The molecule has 0 unspecified atom stereocenters. The largest absolute Gasteiger partial charge is 0.508 e. The number of hydrogen-bond acceptors (Lipinski definition) is 2. The number of aryl methyl sites for hydroxylation is 2. The van der Waals surface area contributed by atoms with E-state index in [0.717, 1.165) is 25.5 Å². The van der Waals surface area contributed by atoms with E-state index in [-0.39, 0.29) is 5.75 Å². The molecule has 0 saturated heterocycles. The monoisotopic (exact) mass is 289 g/mol. The van der Waals surface area contributed by atoms with Gasteiger partial charge in [0.1, 0.15) is 11.6 Å². The minimum atomic E-state index is -0.412. The van der Waals surface area contributed by atoms with E-state index in [2.05, 4.69) is 44.3 Å². The third kappa shape index (κ3) is 9.41. The molecule has 2 aromatic rings. The molecule has 0 bridgehead atoms. The molecule has 3 heteroatoms. The molecule has 2 rings (SSSR count). The van der Waals surface area contributed by atoms with Gasteiger partial charge in [-0.15, -0.1) is 13.2 Å². The molecule has 2 nitrogen and oxygen atoms in total. The Morgan fingerprint density at radius 3 is 2.24 bits per heavy atom. The standard InChI is InChI=1S/C10H15N.C6H5FO.C2H4/c1-9-4-2-5-10(8-9)6-3-7-11;7-5-2-1-3-6(8)4-5;1-2/h2,4-5,8H,3,6-7,11H2,1H3;1-4,8H;1-2H2. The van der Waals surface area contributed by atoms with E-state index < -0.39 is 5.82 Å². The molecule has 0 atom stereocenters. The number of phenols is 1. The van der Waals surface area contributed by atoms with E-state index in [1.807, 2.05) is 0 Å². The maximum atomic E-state index is 12.0. The molecule has 0 aliphatic carbocycles. The smallest absolute Gasteiger partial charge is 0.126 e. The fourth-order valence-electron chi connectivity index (χ4n) is 1.65. The summed E-state index contributed by atoms with van der Waals surface area (Å²) in [4.78, 5) is 0. The zero-order valence-corrected chi connectivity index (χ0v) is 12.6. The minimum Gasteiger partial charge on any atom is -0.508 e. The molecule has 0 amide bonds. The van der Waals surface area contributed by atoms with Gasteiger partial charge in [0.25, 0.3) is 0 Å². The average Bonchev–Trinajstić information content (AvgIpc) is 2.48. The van der Waals surface area contributed by atoms with Crippen molar-refractivity contribution in [2.24, 2.45) is 5.73 Å². The van der Waals surface area contributed by atoms with Crippen LogP contribution in [0.15, 0.2) is 61.7 Å². The van der Waals surface area contributed by atoms with Gasteiger partial charge in [-0.1, -0.05) is 35.9 Å². The highest BCUT2D eigenvalue weighted by Crippen LogP contribution is 2.08. The maximum absolute atomic E-state index is 12.0. The van der Waals surface area contributed by atoms with Crippen molar-refractivity contribution in [3.8, 4) is 5.75 Å². The van der Waals surface area contributed by atoms with Crippen LogP contribution in [0, 0.1) is 12.7 Å². The molecule has 0 saturated carbocycles. The quantitative estimate of drug-likeness (QED) is 0.831. The van der Waals surface area contributed by atoms with Gasteiger partial charge in [0.15, 0.2) is 0 Å². The fourth-order valence-corrected chi connectivity index (χ4v) is 1.65. The van der Waals surface area contributed by atoms with Crippen LogP contribution in [0.4, 0.5) is 4.39 Å². The van der Waals surface area contributed by atoms with Crippen molar-refractivity contribution in [1.82, 2.24) is 0 Å². The molecule has 0 spiro atoms. The van der Waals surface area contributed by atoms with Gasteiger partial charge in [-0.3, -0.25) is 0 Å². The summed E-state index contributed by atoms with van der Waals surface area (Å²) >= 11 is 0. The lowest BCUT2D eigenvalue weighted by molar-refractivity contribution is 0.469. The van der Waals surface area contributed by atoms with Crippen molar-refractivity contribution < 1.29 is 9.50 Å². The van der Waals surface area contributed by atoms with Gasteiger partial charge in [-0.25, -0.2) is 4.39 Å². The summed E-state index contributed by atoms with van der Waals surface area (Å²) in [6, 6.07) is 13.8. The van der Waals surface area contributed by atoms with Crippen LogP contribution < -0.4 is 5.73 Å². The number of phenolic OH excluding ortho intramolecular Hbond substituents is 1. The topological polar surface area (TPSA) is 46.2 Å². The summed E-state index contributed by atoms with van der Waals surface area (Å²) in [5.41, 5.74) is 8.15. The highest BCUT2D eigenvalue weighted by atomic mass is 19.1. The molecule has 0 aliphatic heterocycles. The number of hydrogen-bond donors (Lipinski definition) is 2. The lowest BCUT2D eigenvalue weighted by atomic mass is 10.1. The molecule has 0 aromatic heterocycles. The van der Waals surface area contributed by atoms with Gasteiger partial charge >= 0.3 is 0 Å². The predicted octanol–water partition coefficient (Wildman–Crippen LogP) is 4.22. The van der Waals surface area contributed by atoms with Gasteiger partial charge in [0.05, 0.1) is 0 Å². The summed E-state index contributed by atoms with van der Waals surface area (Å²) in [5.74, 6) is -0.449. The number of rotatable bonds is 3. The minimum absolute atomic E-state index is 0.0370. The van der Waals surface area contributed by atoms with E-state index in [0.29, 0.717) is 0 Å². The molecule has 2 aromatic carbocycles. The van der Waals surface area contributed by atoms with E-state index in [9.17, 15) is 4.39 Å². The zero-order valence-electron chi connectivity index (χ0n) is 12.6. The number of benzene rings is 2. The number of nitrogens with two attached hydrogens (primary N) is 1. The highest BCUT2D eigenvalue weighted by molar-refractivity contribution is 5.22. The summed E-state index contributed by atoms with van der Waals surface area (Å²) in [7, 11) is 0.